The molecule has 1 fully saturated rings. The molecule has 0 bridgehead atoms. The van der Waals surface area contributed by atoms with Crippen LogP contribution in [0.5, 0.6) is 17.2 Å². The second-order valence-electron chi connectivity index (χ2n) is 10.8. The number of hydrogen-bond donors (Lipinski definition) is 3. The summed E-state index contributed by atoms with van der Waals surface area (Å²) in [4.78, 5) is 35.0. The predicted octanol–water partition coefficient (Wildman–Crippen LogP) is 6.55. The van der Waals surface area contributed by atoms with E-state index in [-0.39, 0.29) is 17.1 Å². The lowest BCUT2D eigenvalue weighted by atomic mass is 10.0. The Labute approximate surface area is 281 Å². The van der Waals surface area contributed by atoms with Gasteiger partial charge in [-0.25, -0.2) is 14.4 Å². The van der Waals surface area contributed by atoms with Crippen molar-refractivity contribution in [1.29, 1.82) is 0 Å². The maximum absolute atomic E-state index is 15.0. The van der Waals surface area contributed by atoms with Gasteiger partial charge in [-0.3, -0.25) is 14.6 Å². The number of nitrogens with one attached hydrogen (secondary N) is 3. The Kier molecular flexibility index (Phi) is 14.4. The Bertz CT molecular complexity index is 1690. The topological polar surface area (TPSA) is 131 Å². The molecule has 15 heteroatoms. The number of aldehydes is 2. The first-order valence-electron chi connectivity index (χ1n) is 15.2. The maximum Gasteiger partial charge on any atom is 0.403 e. The van der Waals surface area contributed by atoms with Crippen LogP contribution in [0.15, 0.2) is 67.6 Å². The fourth-order valence-corrected chi connectivity index (χ4v) is 4.48. The van der Waals surface area contributed by atoms with Crippen molar-refractivity contribution >= 4 is 40.7 Å². The molecule has 49 heavy (non-hydrogen) atoms. The number of likely N-dealkylation sites (tertiary alicyclic amines) is 1. The Morgan fingerprint density at radius 2 is 1.71 bits per heavy atom. The van der Waals surface area contributed by atoms with Gasteiger partial charge >= 0.3 is 6.18 Å². The average Bonchev–Trinajstić information content (AvgIpc) is 3.10. The van der Waals surface area contributed by atoms with Gasteiger partial charge < -0.3 is 30.3 Å². The standard InChI is InChI=1S/C27H27FN6O3.C4H8F3N.C3H4O/c1-34-9-6-17(7-10-34)32-25-13-21-24(14-26(25)36-2)30-16-31-27(21)33-23-4-3-19(12-22(23)28)37-20-5-8-29-18(11-20)15-35;1-3(8-2)4(5,6)7;1-2-3-4/h3-5,8,11-17,32H,6-7,9-10H2,1-2H3,(H,30,31,33);3,8H,1-2H3;2-3H,1H2. The first-order chi connectivity index (χ1) is 23.4. The number of piperidine rings is 1. The Balaban J connectivity index is 0.000000466. The summed E-state index contributed by atoms with van der Waals surface area (Å²) in [5.74, 6) is 1.31. The fourth-order valence-electron chi connectivity index (χ4n) is 4.48. The molecule has 2 aromatic carbocycles. The summed E-state index contributed by atoms with van der Waals surface area (Å²) in [6.07, 6.45) is 3.30. The number of carbonyl (C=O) groups is 2. The number of allylic oxidation sites excluding steroid dienone is 1. The number of halogens is 4. The first-order valence-corrected chi connectivity index (χ1v) is 15.2. The van der Waals surface area contributed by atoms with Gasteiger partial charge in [0, 0.05) is 35.8 Å². The van der Waals surface area contributed by atoms with Crippen LogP contribution >= 0.6 is 0 Å². The maximum atomic E-state index is 15.0. The number of rotatable bonds is 10. The minimum absolute atomic E-state index is 0.230. The summed E-state index contributed by atoms with van der Waals surface area (Å²) in [6.45, 7) is 6.24. The molecule has 0 radical (unpaired) electrons. The molecule has 1 unspecified atom stereocenters. The molecule has 1 aliphatic rings. The van der Waals surface area contributed by atoms with E-state index in [9.17, 15) is 18.0 Å². The first kappa shape index (κ1) is 38.3. The van der Waals surface area contributed by atoms with Crippen LogP contribution in [0.1, 0.15) is 30.3 Å². The summed E-state index contributed by atoms with van der Waals surface area (Å²) in [5, 5.41) is 9.50. The van der Waals surface area contributed by atoms with Gasteiger partial charge in [-0.15, -0.1) is 0 Å². The summed E-state index contributed by atoms with van der Waals surface area (Å²) >= 11 is 0. The molecule has 4 aromatic rings. The van der Waals surface area contributed by atoms with E-state index in [4.69, 9.17) is 14.3 Å². The second-order valence-corrected chi connectivity index (χ2v) is 10.8. The van der Waals surface area contributed by atoms with Gasteiger partial charge in [-0.2, -0.15) is 13.2 Å². The summed E-state index contributed by atoms with van der Waals surface area (Å²) in [7, 11) is 5.03. The van der Waals surface area contributed by atoms with Crippen molar-refractivity contribution in [2.45, 2.75) is 38.0 Å². The molecular weight excluding hydrogens is 646 g/mol. The molecule has 3 N–H and O–H groups in total. The zero-order chi connectivity index (χ0) is 36.0. The largest absolute Gasteiger partial charge is 0.495 e. The van der Waals surface area contributed by atoms with E-state index < -0.39 is 18.0 Å². The monoisotopic (exact) mass is 685 g/mol. The molecule has 1 aliphatic heterocycles. The predicted molar refractivity (Wildman–Crippen MR) is 180 cm³/mol. The summed E-state index contributed by atoms with van der Waals surface area (Å²) in [6, 6.07) is 10.3. The zero-order valence-corrected chi connectivity index (χ0v) is 27.6. The van der Waals surface area contributed by atoms with Crippen LogP contribution in [0.4, 0.5) is 34.8 Å². The second kappa shape index (κ2) is 18.4. The van der Waals surface area contributed by atoms with Gasteiger partial charge in [0.05, 0.1) is 24.0 Å². The summed E-state index contributed by atoms with van der Waals surface area (Å²) in [5.41, 5.74) is 1.98. The number of anilines is 3. The van der Waals surface area contributed by atoms with E-state index in [1.165, 1.54) is 37.8 Å². The highest BCUT2D eigenvalue weighted by molar-refractivity contribution is 5.95. The number of fused-ring (bicyclic) bond motifs is 1. The van der Waals surface area contributed by atoms with Crippen LogP contribution in [0.2, 0.25) is 0 Å². The quantitative estimate of drug-likeness (QED) is 0.0954. The van der Waals surface area contributed by atoms with Gasteiger partial charge in [0.15, 0.2) is 6.29 Å². The van der Waals surface area contributed by atoms with Crippen LogP contribution in [-0.2, 0) is 4.79 Å². The number of hydrogen-bond acceptors (Lipinski definition) is 11. The smallest absolute Gasteiger partial charge is 0.403 e. The van der Waals surface area contributed by atoms with Crippen molar-refractivity contribution in [3.63, 3.8) is 0 Å². The number of methoxy groups -OCH3 is 1. The Hall–Kier alpha value is -5.15. The molecule has 0 amide bonds. The van der Waals surface area contributed by atoms with Crippen molar-refractivity contribution in [1.82, 2.24) is 25.2 Å². The highest BCUT2D eigenvalue weighted by atomic mass is 19.4. The highest BCUT2D eigenvalue weighted by Gasteiger charge is 2.34. The lowest BCUT2D eigenvalue weighted by Crippen LogP contribution is -2.36. The van der Waals surface area contributed by atoms with Crippen LogP contribution in [0.3, 0.4) is 0 Å². The van der Waals surface area contributed by atoms with Crippen molar-refractivity contribution < 1.29 is 36.6 Å². The number of pyridine rings is 1. The lowest BCUT2D eigenvalue weighted by Gasteiger charge is -2.30. The number of carbonyl (C=O) groups excluding carboxylic acids is 2. The number of ether oxygens (including phenoxy) is 2. The van der Waals surface area contributed by atoms with Crippen LogP contribution in [-0.4, -0.2) is 85.0 Å². The molecule has 2 aromatic heterocycles. The van der Waals surface area contributed by atoms with E-state index in [1.54, 1.807) is 25.3 Å². The molecular formula is C34H39F4N7O4. The molecule has 3 heterocycles. The normalized spacial score (nSPS) is 13.9. The van der Waals surface area contributed by atoms with E-state index in [0.29, 0.717) is 41.4 Å². The summed E-state index contributed by atoms with van der Waals surface area (Å²) < 4.78 is 60.5. The van der Waals surface area contributed by atoms with Gasteiger partial charge in [0.1, 0.15) is 53.2 Å². The van der Waals surface area contributed by atoms with Crippen molar-refractivity contribution in [2.75, 3.05) is 44.9 Å². The average molecular weight is 686 g/mol. The van der Waals surface area contributed by atoms with Crippen LogP contribution < -0.4 is 25.4 Å². The van der Waals surface area contributed by atoms with Crippen molar-refractivity contribution in [2.24, 2.45) is 0 Å². The molecule has 0 saturated carbocycles. The minimum Gasteiger partial charge on any atom is -0.495 e. The van der Waals surface area contributed by atoms with Gasteiger partial charge in [0.2, 0.25) is 0 Å². The molecule has 1 atom stereocenters. The molecule has 0 spiro atoms. The minimum atomic E-state index is -4.10. The third-order valence-corrected chi connectivity index (χ3v) is 7.36. The van der Waals surface area contributed by atoms with Gasteiger partial charge in [-0.05, 0) is 77.3 Å². The number of nitrogens with zero attached hydrogens (tertiary/aromatic N) is 4. The van der Waals surface area contributed by atoms with Gasteiger partial charge in [-0.1, -0.05) is 6.58 Å². The van der Waals surface area contributed by atoms with Crippen LogP contribution in [0.25, 0.3) is 10.9 Å². The highest BCUT2D eigenvalue weighted by Crippen LogP contribution is 2.35. The van der Waals surface area contributed by atoms with E-state index in [0.717, 1.165) is 43.9 Å². The molecule has 5 rings (SSSR count). The third-order valence-electron chi connectivity index (χ3n) is 7.36. The lowest BCUT2D eigenvalue weighted by molar-refractivity contribution is -0.150. The van der Waals surface area contributed by atoms with Gasteiger partial charge in [0.25, 0.3) is 0 Å². The number of benzene rings is 2. The molecule has 11 nitrogen and oxygen atoms in total. The Morgan fingerprint density at radius 1 is 1.02 bits per heavy atom. The molecule has 1 saturated heterocycles. The molecule has 262 valence electrons. The third kappa shape index (κ3) is 11.5. The van der Waals surface area contributed by atoms with Crippen LogP contribution in [0, 0.1) is 5.82 Å². The zero-order valence-electron chi connectivity index (χ0n) is 27.6. The SMILES string of the molecule is C=CC=O.CNC(C)C(F)(F)F.COc1cc2ncnc(Nc3ccc(Oc4ccnc(C=O)c4)cc3F)c2cc1NC1CCN(C)CC1. The number of alkyl halides is 3. The number of aromatic nitrogens is 3. The molecule has 0 aliphatic carbocycles. The van der Waals surface area contributed by atoms with Crippen molar-refractivity contribution in [3.8, 4) is 17.2 Å². The van der Waals surface area contributed by atoms with E-state index in [2.05, 4.69) is 49.4 Å². The Morgan fingerprint density at radius 3 is 2.29 bits per heavy atom. The van der Waals surface area contributed by atoms with E-state index in [1.807, 2.05) is 12.1 Å². The van der Waals surface area contributed by atoms with E-state index >= 15 is 4.39 Å². The fraction of sp³-hybridized carbons (Fsp3) is 0.324. The van der Waals surface area contributed by atoms with Crippen molar-refractivity contribution in [3.05, 3.63) is 79.2 Å².